The summed E-state index contributed by atoms with van der Waals surface area (Å²) in [5.41, 5.74) is 3.76. The van der Waals surface area contributed by atoms with E-state index in [1.165, 1.54) is 4.68 Å². The van der Waals surface area contributed by atoms with Crippen molar-refractivity contribution in [1.82, 2.24) is 19.7 Å². The smallest absolute Gasteiger partial charge is 0.227 e. The van der Waals surface area contributed by atoms with Gasteiger partial charge in [-0.2, -0.15) is 15.6 Å². The summed E-state index contributed by atoms with van der Waals surface area (Å²) in [6.45, 7) is 3.81. The van der Waals surface area contributed by atoms with E-state index in [4.69, 9.17) is 10.5 Å². The Kier molecular flexibility index (Phi) is 5.96. The van der Waals surface area contributed by atoms with Gasteiger partial charge in [0.1, 0.15) is 6.54 Å². The number of carbonyl (C=O) groups excluding carboxylic acids is 1. The Bertz CT molecular complexity index is 1100. The molecule has 1 N–H and O–H groups in total. The molecule has 0 radical (unpaired) electrons. The Balaban J connectivity index is 1.79. The monoisotopic (exact) mass is 385 g/mol. The van der Waals surface area contributed by atoms with Crippen LogP contribution in [0, 0.1) is 35.5 Å². The fourth-order valence-electron chi connectivity index (χ4n) is 2.77. The molecule has 3 rings (SSSR count). The molecule has 0 aliphatic carbocycles. The van der Waals surface area contributed by atoms with Gasteiger partial charge in [-0.1, -0.05) is 24.3 Å². The van der Waals surface area contributed by atoms with Crippen molar-refractivity contribution < 1.29 is 4.79 Å². The number of Topliss-reactive ketones (excluding diaryl/α,β-unsaturated/α-hetero) is 1. The van der Waals surface area contributed by atoms with Gasteiger partial charge in [-0.15, -0.1) is 0 Å². The molecule has 3 aromatic rings. The molecule has 1 atom stereocenters. The first-order chi connectivity index (χ1) is 14.0. The van der Waals surface area contributed by atoms with E-state index >= 15 is 0 Å². The van der Waals surface area contributed by atoms with E-state index < -0.39 is 0 Å². The van der Waals surface area contributed by atoms with Gasteiger partial charge >= 0.3 is 0 Å². The fourth-order valence-corrected chi connectivity index (χ4v) is 2.77. The van der Waals surface area contributed by atoms with E-state index in [1.807, 2.05) is 25.1 Å². The molecule has 0 aliphatic heterocycles. The van der Waals surface area contributed by atoms with Crippen molar-refractivity contribution in [3.05, 3.63) is 54.0 Å². The molecule has 0 aliphatic rings. The van der Waals surface area contributed by atoms with Crippen LogP contribution in [0.5, 0.6) is 0 Å². The van der Waals surface area contributed by atoms with Gasteiger partial charge in [0.15, 0.2) is 5.78 Å². The van der Waals surface area contributed by atoms with Gasteiger partial charge in [-0.3, -0.25) is 9.48 Å². The minimum Gasteiger partial charge on any atom is -0.321 e. The van der Waals surface area contributed by atoms with Crippen LogP contribution < -0.4 is 5.32 Å². The van der Waals surface area contributed by atoms with Gasteiger partial charge < -0.3 is 5.32 Å². The Labute approximate surface area is 168 Å². The number of carbonyl (C=O) groups is 1. The molecular weight excluding hydrogens is 366 g/mol. The zero-order valence-corrected chi connectivity index (χ0v) is 16.1. The largest absolute Gasteiger partial charge is 0.321 e. The Hall–Kier alpha value is -4.04. The summed E-state index contributed by atoms with van der Waals surface area (Å²) in [6.07, 6.45) is 5.23. The summed E-state index contributed by atoms with van der Waals surface area (Å²) in [4.78, 5) is 21.1. The lowest BCUT2D eigenvalue weighted by Gasteiger charge is -2.09. The van der Waals surface area contributed by atoms with Gasteiger partial charge in [-0.25, -0.2) is 9.97 Å². The molecule has 2 heterocycles. The number of aryl methyl sites for hydroxylation is 1. The number of ketones is 1. The zero-order chi connectivity index (χ0) is 20.8. The standard InChI is InChI=1S/C21H19N7O/c1-14(10-23)9-19(29)16-3-5-17(6-4-16)20-15(2)11-24-21(27-20)26-18-12-25-28(13-18)8-7-22/h3-6,11-14H,8-9H2,1-2H3,(H,24,26,27)/t14-/m0/s1. The van der Waals surface area contributed by atoms with Crippen molar-refractivity contribution in [2.24, 2.45) is 5.92 Å². The van der Waals surface area contributed by atoms with Crippen LogP contribution in [0.1, 0.15) is 29.3 Å². The molecule has 0 unspecified atom stereocenters. The average molecular weight is 385 g/mol. The van der Waals surface area contributed by atoms with Gasteiger partial charge in [-0.05, 0) is 19.4 Å². The first-order valence-corrected chi connectivity index (χ1v) is 9.03. The minimum absolute atomic E-state index is 0.0539. The Morgan fingerprint density at radius 3 is 2.69 bits per heavy atom. The molecule has 0 saturated heterocycles. The molecular formula is C21H19N7O. The number of rotatable bonds is 7. The summed E-state index contributed by atoms with van der Waals surface area (Å²) < 4.78 is 1.51. The topological polar surface area (TPSA) is 120 Å². The average Bonchev–Trinajstić information content (AvgIpc) is 3.16. The second-order valence-corrected chi connectivity index (χ2v) is 6.67. The van der Waals surface area contributed by atoms with Crippen molar-refractivity contribution in [2.75, 3.05) is 5.32 Å². The fraction of sp³-hybridized carbons (Fsp3) is 0.238. The van der Waals surface area contributed by atoms with Crippen LogP contribution in [0.15, 0.2) is 42.9 Å². The second-order valence-electron chi connectivity index (χ2n) is 6.67. The highest BCUT2D eigenvalue weighted by molar-refractivity contribution is 5.96. The first-order valence-electron chi connectivity index (χ1n) is 9.03. The maximum atomic E-state index is 12.2. The Morgan fingerprint density at radius 1 is 1.24 bits per heavy atom. The number of hydrogen-bond donors (Lipinski definition) is 1. The van der Waals surface area contributed by atoms with Crippen LogP contribution in [0.25, 0.3) is 11.3 Å². The summed E-state index contributed by atoms with van der Waals surface area (Å²) in [7, 11) is 0. The van der Waals surface area contributed by atoms with Crippen molar-refractivity contribution in [1.29, 1.82) is 10.5 Å². The highest BCUT2D eigenvalue weighted by Crippen LogP contribution is 2.24. The number of benzene rings is 1. The minimum atomic E-state index is -0.308. The SMILES string of the molecule is Cc1cnc(Nc2cnn(CC#N)c2)nc1-c1ccc(C(=O)C[C@H](C)C#N)cc1. The Morgan fingerprint density at radius 2 is 2.00 bits per heavy atom. The maximum absolute atomic E-state index is 12.2. The maximum Gasteiger partial charge on any atom is 0.227 e. The molecule has 2 aromatic heterocycles. The third-order valence-corrected chi connectivity index (χ3v) is 4.29. The number of nitrogens with zero attached hydrogens (tertiary/aromatic N) is 6. The zero-order valence-electron chi connectivity index (χ0n) is 16.1. The molecule has 8 heteroatoms. The summed E-state index contributed by atoms with van der Waals surface area (Å²) in [5.74, 6) is 0.0456. The van der Waals surface area contributed by atoms with Crippen LogP contribution in [0.3, 0.4) is 0 Å². The number of nitriles is 2. The van der Waals surface area contributed by atoms with Crippen LogP contribution in [-0.4, -0.2) is 25.5 Å². The number of nitrogens with one attached hydrogen (secondary N) is 1. The highest BCUT2D eigenvalue weighted by atomic mass is 16.1. The predicted molar refractivity (Wildman–Crippen MR) is 107 cm³/mol. The summed E-state index contributed by atoms with van der Waals surface area (Å²) in [6, 6.07) is 11.3. The number of aromatic nitrogens is 4. The van der Waals surface area contributed by atoms with E-state index in [2.05, 4.69) is 26.5 Å². The van der Waals surface area contributed by atoms with E-state index in [9.17, 15) is 4.79 Å². The first kappa shape index (κ1) is 19.7. The molecule has 144 valence electrons. The molecule has 0 saturated carbocycles. The van der Waals surface area contributed by atoms with Crippen LogP contribution in [-0.2, 0) is 6.54 Å². The van der Waals surface area contributed by atoms with E-state index in [0.29, 0.717) is 17.2 Å². The van der Waals surface area contributed by atoms with Gasteiger partial charge in [0.05, 0.1) is 35.6 Å². The molecule has 0 fully saturated rings. The lowest BCUT2D eigenvalue weighted by Crippen LogP contribution is -2.04. The van der Waals surface area contributed by atoms with Crippen molar-refractivity contribution >= 4 is 17.4 Å². The predicted octanol–water partition coefficient (Wildman–Crippen LogP) is 3.65. The molecule has 0 bridgehead atoms. The molecule has 1 aromatic carbocycles. The van der Waals surface area contributed by atoms with Crippen LogP contribution >= 0.6 is 0 Å². The quantitative estimate of drug-likeness (QED) is 0.616. The van der Waals surface area contributed by atoms with Gasteiger partial charge in [0, 0.05) is 29.9 Å². The van der Waals surface area contributed by atoms with Crippen LogP contribution in [0.2, 0.25) is 0 Å². The van der Waals surface area contributed by atoms with E-state index in [0.717, 1.165) is 16.8 Å². The number of hydrogen-bond acceptors (Lipinski definition) is 7. The second kappa shape index (κ2) is 8.77. The molecule has 0 spiro atoms. The third-order valence-electron chi connectivity index (χ3n) is 4.29. The third kappa shape index (κ3) is 4.82. The summed E-state index contributed by atoms with van der Waals surface area (Å²) >= 11 is 0. The molecule has 8 nitrogen and oxygen atoms in total. The van der Waals surface area contributed by atoms with Gasteiger partial charge in [0.2, 0.25) is 5.95 Å². The lowest BCUT2D eigenvalue weighted by molar-refractivity contribution is 0.0973. The van der Waals surface area contributed by atoms with E-state index in [1.54, 1.807) is 37.6 Å². The van der Waals surface area contributed by atoms with Crippen molar-refractivity contribution in [3.8, 4) is 23.4 Å². The van der Waals surface area contributed by atoms with Gasteiger partial charge in [0.25, 0.3) is 0 Å². The van der Waals surface area contributed by atoms with E-state index in [-0.39, 0.29) is 24.7 Å². The van der Waals surface area contributed by atoms with Crippen LogP contribution in [0.4, 0.5) is 11.6 Å². The number of anilines is 2. The van der Waals surface area contributed by atoms with Crippen molar-refractivity contribution in [3.63, 3.8) is 0 Å². The molecule has 29 heavy (non-hydrogen) atoms. The van der Waals surface area contributed by atoms with Crippen molar-refractivity contribution in [2.45, 2.75) is 26.8 Å². The lowest BCUT2D eigenvalue weighted by atomic mass is 9.99. The normalized spacial score (nSPS) is 11.3. The highest BCUT2D eigenvalue weighted by Gasteiger charge is 2.12. The molecule has 0 amide bonds. The summed E-state index contributed by atoms with van der Waals surface area (Å²) in [5, 5.41) is 24.8.